The molecule has 0 saturated carbocycles. The number of nitrogens with one attached hydrogen (secondary N) is 1. The van der Waals surface area contributed by atoms with E-state index in [1.807, 2.05) is 12.1 Å². The Kier molecular flexibility index (Phi) is 3.56. The number of benzene rings is 1. The van der Waals surface area contributed by atoms with Gasteiger partial charge >= 0.3 is 0 Å². The monoisotopic (exact) mass is 273 g/mol. The third-order valence-corrected chi connectivity index (χ3v) is 3.26. The van der Waals surface area contributed by atoms with Crippen molar-refractivity contribution in [1.82, 2.24) is 5.32 Å². The van der Waals surface area contributed by atoms with Crippen LogP contribution in [0.25, 0.3) is 11.0 Å². The van der Waals surface area contributed by atoms with Crippen molar-refractivity contribution in [2.24, 2.45) is 0 Å². The number of fused-ring (bicyclic) bond motifs is 1. The van der Waals surface area contributed by atoms with Crippen molar-refractivity contribution in [2.45, 2.75) is 19.4 Å². The van der Waals surface area contributed by atoms with Gasteiger partial charge in [0.15, 0.2) is 0 Å². The van der Waals surface area contributed by atoms with E-state index in [1.54, 1.807) is 18.6 Å². The highest BCUT2D eigenvalue weighted by Crippen LogP contribution is 2.29. The topological polar surface area (TPSA) is 38.3 Å². The first-order valence-electron chi connectivity index (χ1n) is 6.72. The predicted octanol–water partition coefficient (Wildman–Crippen LogP) is 4.25. The molecule has 0 aliphatic carbocycles. The molecule has 3 rings (SSSR count). The Morgan fingerprint density at radius 1 is 1.25 bits per heavy atom. The fourth-order valence-corrected chi connectivity index (χ4v) is 2.29. The van der Waals surface area contributed by atoms with Crippen LogP contribution in [-0.4, -0.2) is 6.54 Å². The van der Waals surface area contributed by atoms with Crippen molar-refractivity contribution in [1.29, 1.82) is 0 Å². The first-order chi connectivity index (χ1) is 9.78. The summed E-state index contributed by atoms with van der Waals surface area (Å²) in [6.45, 7) is 2.97. The molecule has 1 unspecified atom stereocenters. The smallest absolute Gasteiger partial charge is 0.134 e. The molecule has 0 fully saturated rings. The fraction of sp³-hybridized carbons (Fsp3) is 0.250. The van der Waals surface area contributed by atoms with Gasteiger partial charge in [0.05, 0.1) is 18.6 Å². The van der Waals surface area contributed by atoms with E-state index < -0.39 is 0 Å². The van der Waals surface area contributed by atoms with Crippen LogP contribution in [0.4, 0.5) is 4.39 Å². The Balaban J connectivity index is 1.99. The summed E-state index contributed by atoms with van der Waals surface area (Å²) in [6.07, 6.45) is 4.35. The lowest BCUT2D eigenvalue weighted by atomic mass is 10.1. The van der Waals surface area contributed by atoms with Crippen molar-refractivity contribution in [3.63, 3.8) is 0 Å². The summed E-state index contributed by atoms with van der Waals surface area (Å²) in [5, 5.41) is 4.19. The molecule has 0 spiro atoms. The van der Waals surface area contributed by atoms with Crippen LogP contribution in [-0.2, 0) is 0 Å². The molecule has 0 radical (unpaired) electrons. The van der Waals surface area contributed by atoms with Crippen LogP contribution < -0.4 is 5.32 Å². The van der Waals surface area contributed by atoms with Crippen LogP contribution >= 0.6 is 0 Å². The average molecular weight is 273 g/mol. The summed E-state index contributed by atoms with van der Waals surface area (Å²) in [5.74, 6) is 0.506. The van der Waals surface area contributed by atoms with E-state index in [0.717, 1.165) is 29.7 Å². The summed E-state index contributed by atoms with van der Waals surface area (Å²) >= 11 is 0. The summed E-state index contributed by atoms with van der Waals surface area (Å²) < 4.78 is 24.2. The van der Waals surface area contributed by atoms with Gasteiger partial charge in [0.2, 0.25) is 0 Å². The molecule has 1 N–H and O–H groups in total. The van der Waals surface area contributed by atoms with Gasteiger partial charge in [-0.15, -0.1) is 0 Å². The van der Waals surface area contributed by atoms with E-state index in [0.29, 0.717) is 5.58 Å². The highest BCUT2D eigenvalue weighted by atomic mass is 19.1. The summed E-state index contributed by atoms with van der Waals surface area (Å²) in [4.78, 5) is 0. The molecular formula is C16H16FNO2. The SMILES string of the molecule is CCCNC(c1ccoc1)c1cc2cc(F)ccc2o1. The molecule has 0 aliphatic rings. The molecule has 0 amide bonds. The van der Waals surface area contributed by atoms with Crippen molar-refractivity contribution < 1.29 is 13.2 Å². The minimum absolute atomic E-state index is 0.0795. The maximum Gasteiger partial charge on any atom is 0.134 e. The van der Waals surface area contributed by atoms with E-state index in [2.05, 4.69) is 12.2 Å². The predicted molar refractivity (Wildman–Crippen MR) is 75.0 cm³/mol. The van der Waals surface area contributed by atoms with Crippen LogP contribution in [0.15, 0.2) is 51.7 Å². The van der Waals surface area contributed by atoms with Crippen LogP contribution in [0.2, 0.25) is 0 Å². The van der Waals surface area contributed by atoms with Crippen molar-refractivity contribution >= 4 is 11.0 Å². The lowest BCUT2D eigenvalue weighted by Crippen LogP contribution is -2.22. The molecule has 3 nitrogen and oxygen atoms in total. The van der Waals surface area contributed by atoms with E-state index >= 15 is 0 Å². The first-order valence-corrected chi connectivity index (χ1v) is 6.72. The molecule has 3 aromatic rings. The maximum atomic E-state index is 13.3. The molecule has 1 atom stereocenters. The van der Waals surface area contributed by atoms with Crippen molar-refractivity contribution in [2.75, 3.05) is 6.54 Å². The molecule has 20 heavy (non-hydrogen) atoms. The molecule has 0 saturated heterocycles. The van der Waals surface area contributed by atoms with E-state index in [9.17, 15) is 4.39 Å². The molecule has 1 aromatic carbocycles. The van der Waals surface area contributed by atoms with Crippen LogP contribution in [0.1, 0.15) is 30.7 Å². The molecule has 2 heterocycles. The van der Waals surface area contributed by atoms with Crippen molar-refractivity contribution in [3.8, 4) is 0 Å². The second-order valence-electron chi connectivity index (χ2n) is 4.77. The second kappa shape index (κ2) is 5.51. The molecule has 0 aliphatic heterocycles. The molecular weight excluding hydrogens is 257 g/mol. The Morgan fingerprint density at radius 2 is 2.15 bits per heavy atom. The lowest BCUT2D eigenvalue weighted by Gasteiger charge is -2.14. The Labute approximate surface area is 116 Å². The molecule has 0 bridgehead atoms. The maximum absolute atomic E-state index is 13.3. The summed E-state index contributed by atoms with van der Waals surface area (Å²) in [6, 6.07) is 8.24. The van der Waals surface area contributed by atoms with Crippen LogP contribution in [0, 0.1) is 5.82 Å². The Hall–Kier alpha value is -2.07. The summed E-state index contributed by atoms with van der Waals surface area (Å²) in [5.41, 5.74) is 1.69. The third kappa shape index (κ3) is 2.47. The van der Waals surface area contributed by atoms with Gasteiger partial charge in [-0.2, -0.15) is 0 Å². The highest BCUT2D eigenvalue weighted by Gasteiger charge is 2.19. The van der Waals surface area contributed by atoms with E-state index in [1.165, 1.54) is 12.1 Å². The number of furan rings is 2. The number of hydrogen-bond acceptors (Lipinski definition) is 3. The van der Waals surface area contributed by atoms with Crippen molar-refractivity contribution in [3.05, 3.63) is 60.0 Å². The van der Waals surface area contributed by atoms with E-state index in [4.69, 9.17) is 8.83 Å². The zero-order chi connectivity index (χ0) is 13.9. The molecule has 4 heteroatoms. The van der Waals surface area contributed by atoms with Gasteiger partial charge in [-0.25, -0.2) is 4.39 Å². The lowest BCUT2D eigenvalue weighted by molar-refractivity contribution is 0.464. The van der Waals surface area contributed by atoms with Gasteiger partial charge in [0, 0.05) is 10.9 Å². The number of halogens is 1. The third-order valence-electron chi connectivity index (χ3n) is 3.26. The highest BCUT2D eigenvalue weighted by molar-refractivity contribution is 5.78. The number of hydrogen-bond donors (Lipinski definition) is 1. The quantitative estimate of drug-likeness (QED) is 0.755. The van der Waals surface area contributed by atoms with Gasteiger partial charge in [0.25, 0.3) is 0 Å². The zero-order valence-corrected chi connectivity index (χ0v) is 11.2. The van der Waals surface area contributed by atoms with E-state index in [-0.39, 0.29) is 11.9 Å². The minimum Gasteiger partial charge on any atom is -0.472 e. The summed E-state index contributed by atoms with van der Waals surface area (Å²) in [7, 11) is 0. The zero-order valence-electron chi connectivity index (χ0n) is 11.2. The standard InChI is InChI=1S/C16H16FNO2/c1-2-6-18-16(11-5-7-19-10-11)15-9-12-8-13(17)3-4-14(12)20-15/h3-5,7-10,16,18H,2,6H2,1H3. The fourth-order valence-electron chi connectivity index (χ4n) is 2.29. The number of rotatable bonds is 5. The van der Waals surface area contributed by atoms with Gasteiger partial charge in [-0.1, -0.05) is 6.92 Å². The largest absolute Gasteiger partial charge is 0.472 e. The van der Waals surface area contributed by atoms with Gasteiger partial charge < -0.3 is 14.2 Å². The van der Waals surface area contributed by atoms with Gasteiger partial charge in [0.1, 0.15) is 17.2 Å². The second-order valence-corrected chi connectivity index (χ2v) is 4.77. The normalized spacial score (nSPS) is 12.9. The van der Waals surface area contributed by atoms with Crippen LogP contribution in [0.5, 0.6) is 0 Å². The minimum atomic E-state index is -0.258. The Bertz CT molecular complexity index is 688. The average Bonchev–Trinajstić information content (AvgIpc) is 3.08. The van der Waals surface area contributed by atoms with Gasteiger partial charge in [-0.05, 0) is 43.3 Å². The molecule has 104 valence electrons. The van der Waals surface area contributed by atoms with Crippen LogP contribution in [0.3, 0.4) is 0 Å². The van der Waals surface area contributed by atoms with Gasteiger partial charge in [-0.3, -0.25) is 0 Å². The first kappa shape index (κ1) is 12.9. The Morgan fingerprint density at radius 3 is 2.90 bits per heavy atom. The molecule has 2 aromatic heterocycles.